The number of methoxy groups -OCH3 is 1. The predicted octanol–water partition coefficient (Wildman–Crippen LogP) is 4.68. The molecule has 0 saturated heterocycles. The highest BCUT2D eigenvalue weighted by Gasteiger charge is 2.18. The molecular formula is C21H14F2N4O4. The number of ether oxygens (including phenoxy) is 1. The third-order valence-electron chi connectivity index (χ3n) is 4.56. The summed E-state index contributed by atoms with van der Waals surface area (Å²) in [5, 5.41) is 13.8. The number of benzene rings is 3. The van der Waals surface area contributed by atoms with Crippen LogP contribution in [0.3, 0.4) is 0 Å². The maximum Gasteiger partial charge on any atom is 0.311 e. The molecule has 0 saturated carbocycles. The number of rotatable bonds is 5. The van der Waals surface area contributed by atoms with Gasteiger partial charge in [0.1, 0.15) is 17.5 Å². The van der Waals surface area contributed by atoms with Crippen LogP contribution in [-0.2, 0) is 0 Å². The molecule has 4 rings (SSSR count). The summed E-state index contributed by atoms with van der Waals surface area (Å²) in [6, 6.07) is 11.7. The highest BCUT2D eigenvalue weighted by molar-refractivity contribution is 6.05. The molecule has 0 aliphatic carbocycles. The zero-order valence-corrected chi connectivity index (χ0v) is 16.0. The quantitative estimate of drug-likeness (QED) is 0.357. The summed E-state index contributed by atoms with van der Waals surface area (Å²) in [5.74, 6) is -1.62. The van der Waals surface area contributed by atoms with Crippen molar-refractivity contribution in [1.29, 1.82) is 0 Å². The molecule has 0 aliphatic heterocycles. The molecule has 8 nitrogen and oxygen atoms in total. The van der Waals surface area contributed by atoms with Gasteiger partial charge in [0.05, 0.1) is 28.6 Å². The number of carbonyl (C=O) groups excluding carboxylic acids is 1. The summed E-state index contributed by atoms with van der Waals surface area (Å²) in [4.78, 5) is 30.2. The van der Waals surface area contributed by atoms with Crippen LogP contribution in [0.25, 0.3) is 22.4 Å². The van der Waals surface area contributed by atoms with E-state index in [0.717, 1.165) is 24.3 Å². The first-order valence-corrected chi connectivity index (χ1v) is 8.94. The highest BCUT2D eigenvalue weighted by atomic mass is 19.1. The van der Waals surface area contributed by atoms with E-state index >= 15 is 0 Å². The number of halogens is 2. The van der Waals surface area contributed by atoms with Gasteiger partial charge in [-0.05, 0) is 48.5 Å². The van der Waals surface area contributed by atoms with Gasteiger partial charge in [-0.15, -0.1) is 0 Å². The lowest BCUT2D eigenvalue weighted by atomic mass is 10.1. The van der Waals surface area contributed by atoms with E-state index in [9.17, 15) is 23.7 Å². The Morgan fingerprint density at radius 2 is 1.94 bits per heavy atom. The van der Waals surface area contributed by atoms with Gasteiger partial charge >= 0.3 is 5.69 Å². The number of aromatic nitrogens is 2. The molecule has 1 amide bonds. The Morgan fingerprint density at radius 3 is 2.68 bits per heavy atom. The molecule has 156 valence electrons. The lowest BCUT2D eigenvalue weighted by Crippen LogP contribution is -2.12. The van der Waals surface area contributed by atoms with Gasteiger partial charge in [0.2, 0.25) is 0 Å². The molecule has 4 aromatic rings. The van der Waals surface area contributed by atoms with Crippen LogP contribution in [0, 0.1) is 21.7 Å². The van der Waals surface area contributed by atoms with Crippen LogP contribution < -0.4 is 10.1 Å². The summed E-state index contributed by atoms with van der Waals surface area (Å²) in [5.41, 5.74) is 1.06. The van der Waals surface area contributed by atoms with Crippen LogP contribution in [0.5, 0.6) is 5.75 Å². The van der Waals surface area contributed by atoms with Gasteiger partial charge in [0, 0.05) is 17.3 Å². The molecule has 0 spiro atoms. The Morgan fingerprint density at radius 1 is 1.13 bits per heavy atom. The molecule has 2 N–H and O–H groups in total. The van der Waals surface area contributed by atoms with E-state index in [1.54, 1.807) is 18.2 Å². The number of fused-ring (bicyclic) bond motifs is 1. The first kappa shape index (κ1) is 20.0. The molecule has 3 aromatic carbocycles. The maximum absolute atomic E-state index is 14.0. The molecule has 0 atom stereocenters. The lowest BCUT2D eigenvalue weighted by Gasteiger charge is -2.07. The van der Waals surface area contributed by atoms with Gasteiger partial charge in [-0.1, -0.05) is 0 Å². The number of nitro groups is 1. The zero-order chi connectivity index (χ0) is 22.1. The van der Waals surface area contributed by atoms with Crippen molar-refractivity contribution in [3.63, 3.8) is 0 Å². The normalized spacial score (nSPS) is 10.8. The fourth-order valence-corrected chi connectivity index (χ4v) is 3.07. The standard InChI is InChI=1S/C21H14F2N4O4/c1-31-19-7-2-11(8-18(19)27(29)30)21(28)24-13-4-6-16-17(10-13)26-20(25-16)14-9-12(22)3-5-15(14)23/h2-10H,1H3,(H,24,28)(H,25,26). The molecule has 0 aliphatic rings. The summed E-state index contributed by atoms with van der Waals surface area (Å²) >= 11 is 0. The Labute approximate surface area is 173 Å². The molecule has 0 fully saturated rings. The number of carbonyl (C=O) groups is 1. The van der Waals surface area contributed by atoms with Crippen LogP contribution in [0.4, 0.5) is 20.2 Å². The molecular weight excluding hydrogens is 410 g/mol. The Bertz CT molecular complexity index is 1340. The van der Waals surface area contributed by atoms with E-state index in [1.165, 1.54) is 19.2 Å². The number of hydrogen-bond donors (Lipinski definition) is 2. The number of aromatic amines is 1. The van der Waals surface area contributed by atoms with Crippen molar-refractivity contribution in [2.45, 2.75) is 0 Å². The third-order valence-corrected chi connectivity index (χ3v) is 4.56. The predicted molar refractivity (Wildman–Crippen MR) is 109 cm³/mol. The molecule has 0 bridgehead atoms. The van der Waals surface area contributed by atoms with Crippen molar-refractivity contribution >= 4 is 28.3 Å². The van der Waals surface area contributed by atoms with Crippen molar-refractivity contribution in [2.75, 3.05) is 12.4 Å². The SMILES string of the molecule is COc1ccc(C(=O)Nc2ccc3nc(-c4cc(F)ccc4F)[nH]c3c2)cc1[N+](=O)[O-]. The number of imidazole rings is 1. The second-order valence-corrected chi connectivity index (χ2v) is 6.54. The first-order chi connectivity index (χ1) is 14.9. The minimum atomic E-state index is -0.640. The average molecular weight is 424 g/mol. The van der Waals surface area contributed by atoms with Crippen LogP contribution in [-0.4, -0.2) is 27.9 Å². The highest BCUT2D eigenvalue weighted by Crippen LogP contribution is 2.29. The zero-order valence-electron chi connectivity index (χ0n) is 16.0. The van der Waals surface area contributed by atoms with E-state index < -0.39 is 22.5 Å². The second-order valence-electron chi connectivity index (χ2n) is 6.54. The van der Waals surface area contributed by atoms with E-state index in [-0.39, 0.29) is 28.4 Å². The van der Waals surface area contributed by atoms with E-state index in [4.69, 9.17) is 4.74 Å². The molecule has 10 heteroatoms. The molecule has 1 aromatic heterocycles. The van der Waals surface area contributed by atoms with E-state index in [2.05, 4.69) is 15.3 Å². The fraction of sp³-hybridized carbons (Fsp3) is 0.0476. The van der Waals surface area contributed by atoms with Gasteiger partial charge in [0.25, 0.3) is 5.91 Å². The van der Waals surface area contributed by atoms with Crippen LogP contribution in [0.1, 0.15) is 10.4 Å². The number of nitrogens with one attached hydrogen (secondary N) is 2. The van der Waals surface area contributed by atoms with Gasteiger partial charge in [-0.25, -0.2) is 13.8 Å². The maximum atomic E-state index is 14.0. The van der Waals surface area contributed by atoms with Crippen molar-refractivity contribution < 1.29 is 23.2 Å². The molecule has 0 unspecified atom stereocenters. The smallest absolute Gasteiger partial charge is 0.311 e. The van der Waals surface area contributed by atoms with Crippen molar-refractivity contribution in [3.05, 3.63) is 81.9 Å². The Balaban J connectivity index is 1.62. The van der Waals surface area contributed by atoms with Gasteiger partial charge in [0.15, 0.2) is 5.75 Å². The number of anilines is 1. The van der Waals surface area contributed by atoms with E-state index in [0.29, 0.717) is 16.7 Å². The van der Waals surface area contributed by atoms with Crippen molar-refractivity contribution in [3.8, 4) is 17.1 Å². The van der Waals surface area contributed by atoms with Gasteiger partial charge < -0.3 is 15.0 Å². The number of nitro benzene ring substituents is 1. The summed E-state index contributed by atoms with van der Waals surface area (Å²) in [6.07, 6.45) is 0. The van der Waals surface area contributed by atoms with Crippen molar-refractivity contribution in [1.82, 2.24) is 9.97 Å². The van der Waals surface area contributed by atoms with Crippen molar-refractivity contribution in [2.24, 2.45) is 0 Å². The minimum Gasteiger partial charge on any atom is -0.490 e. The number of hydrogen-bond acceptors (Lipinski definition) is 5. The Hall–Kier alpha value is -4.34. The van der Waals surface area contributed by atoms with E-state index in [1.807, 2.05) is 0 Å². The lowest BCUT2D eigenvalue weighted by molar-refractivity contribution is -0.385. The Kier molecular flexibility index (Phi) is 5.04. The molecule has 1 heterocycles. The number of amides is 1. The molecule has 31 heavy (non-hydrogen) atoms. The average Bonchev–Trinajstić information content (AvgIpc) is 3.18. The minimum absolute atomic E-state index is 0.0210. The third kappa shape index (κ3) is 3.90. The molecule has 0 radical (unpaired) electrons. The van der Waals surface area contributed by atoms with Crippen LogP contribution >= 0.6 is 0 Å². The van der Waals surface area contributed by atoms with Gasteiger partial charge in [-0.2, -0.15) is 0 Å². The summed E-state index contributed by atoms with van der Waals surface area (Å²) in [6.45, 7) is 0. The first-order valence-electron chi connectivity index (χ1n) is 8.94. The second kappa shape index (κ2) is 7.82. The number of nitrogens with zero attached hydrogens (tertiary/aromatic N) is 2. The topological polar surface area (TPSA) is 110 Å². The largest absolute Gasteiger partial charge is 0.490 e. The summed E-state index contributed by atoms with van der Waals surface area (Å²) in [7, 11) is 1.30. The monoisotopic (exact) mass is 424 g/mol. The summed E-state index contributed by atoms with van der Waals surface area (Å²) < 4.78 is 32.4. The number of H-pyrrole nitrogens is 1. The van der Waals surface area contributed by atoms with Crippen LogP contribution in [0.2, 0.25) is 0 Å². The van der Waals surface area contributed by atoms with Gasteiger partial charge in [-0.3, -0.25) is 14.9 Å². The fourth-order valence-electron chi connectivity index (χ4n) is 3.07. The van der Waals surface area contributed by atoms with Crippen LogP contribution in [0.15, 0.2) is 54.6 Å².